The highest BCUT2D eigenvalue weighted by atomic mass is 15.0. The molecule has 2 N–H and O–H groups in total. The van der Waals surface area contributed by atoms with Crippen molar-refractivity contribution in [3.8, 4) is 0 Å². The van der Waals surface area contributed by atoms with Crippen molar-refractivity contribution in [3.63, 3.8) is 0 Å². The molecule has 1 heterocycles. The summed E-state index contributed by atoms with van der Waals surface area (Å²) >= 11 is 0. The van der Waals surface area contributed by atoms with Gasteiger partial charge in [-0.2, -0.15) is 0 Å². The molecule has 0 spiro atoms. The highest BCUT2D eigenvalue weighted by Crippen LogP contribution is 2.33. The van der Waals surface area contributed by atoms with E-state index in [0.29, 0.717) is 0 Å². The van der Waals surface area contributed by atoms with Crippen LogP contribution in [-0.4, -0.2) is 24.7 Å². The van der Waals surface area contributed by atoms with E-state index in [2.05, 4.69) is 17.6 Å². The lowest BCUT2D eigenvalue weighted by atomic mass is 9.76. The molecule has 2 saturated carbocycles. The van der Waals surface area contributed by atoms with Gasteiger partial charge in [0.15, 0.2) is 0 Å². The zero-order valence-electron chi connectivity index (χ0n) is 13.4. The molecule has 5 atom stereocenters. The Kier molecular flexibility index (Phi) is 5.39. The maximum absolute atomic E-state index is 4.15. The van der Waals surface area contributed by atoms with Gasteiger partial charge in [0.25, 0.3) is 0 Å². The number of hydrogen-bond acceptors (Lipinski definition) is 2. The van der Waals surface area contributed by atoms with E-state index in [1.807, 2.05) is 0 Å². The Hall–Kier alpha value is -0.0800. The Balaban J connectivity index is 1.60. The Morgan fingerprint density at radius 2 is 1.60 bits per heavy atom. The summed E-state index contributed by atoms with van der Waals surface area (Å²) in [5.74, 6) is 1.86. The topological polar surface area (TPSA) is 24.1 Å². The molecule has 3 rings (SSSR count). The van der Waals surface area contributed by atoms with Gasteiger partial charge in [0.05, 0.1) is 0 Å². The van der Waals surface area contributed by atoms with Crippen molar-refractivity contribution in [1.82, 2.24) is 10.6 Å². The van der Waals surface area contributed by atoms with Crippen molar-refractivity contribution in [2.45, 2.75) is 95.7 Å². The molecule has 2 aliphatic carbocycles. The first kappa shape index (κ1) is 14.8. The van der Waals surface area contributed by atoms with E-state index in [1.165, 1.54) is 77.2 Å². The third-order valence-electron chi connectivity index (χ3n) is 6.30. The summed E-state index contributed by atoms with van der Waals surface area (Å²) in [6.07, 6.45) is 15.8. The second-order valence-electron chi connectivity index (χ2n) is 7.48. The largest absolute Gasteiger partial charge is 0.314 e. The molecule has 116 valence electrons. The summed E-state index contributed by atoms with van der Waals surface area (Å²) in [5, 5.41) is 7.92. The molecule has 3 aliphatic rings. The molecule has 2 heteroatoms. The van der Waals surface area contributed by atoms with Gasteiger partial charge in [-0.15, -0.1) is 0 Å². The molecular weight excluding hydrogens is 244 g/mol. The molecule has 1 saturated heterocycles. The average Bonchev–Trinajstić information content (AvgIpc) is 3.02. The van der Waals surface area contributed by atoms with Gasteiger partial charge in [-0.1, -0.05) is 39.0 Å². The lowest BCUT2D eigenvalue weighted by molar-refractivity contribution is 0.160. The Labute approximate surface area is 125 Å². The molecule has 0 aromatic carbocycles. The van der Waals surface area contributed by atoms with E-state index >= 15 is 0 Å². The van der Waals surface area contributed by atoms with E-state index in [1.54, 1.807) is 0 Å². The molecule has 0 bridgehead atoms. The first-order valence-electron chi connectivity index (χ1n) is 9.38. The fourth-order valence-electron chi connectivity index (χ4n) is 5.12. The normalized spacial score (nSPS) is 42.8. The van der Waals surface area contributed by atoms with E-state index in [-0.39, 0.29) is 0 Å². The van der Waals surface area contributed by atoms with Crippen LogP contribution in [0.2, 0.25) is 0 Å². The first-order valence-corrected chi connectivity index (χ1v) is 9.38. The summed E-state index contributed by atoms with van der Waals surface area (Å²) < 4.78 is 0. The molecule has 3 fully saturated rings. The minimum Gasteiger partial charge on any atom is -0.314 e. The lowest BCUT2D eigenvalue weighted by Crippen LogP contribution is -2.52. The van der Waals surface area contributed by atoms with Crippen LogP contribution in [0.1, 0.15) is 77.6 Å². The van der Waals surface area contributed by atoms with Crippen LogP contribution < -0.4 is 10.6 Å². The van der Waals surface area contributed by atoms with Gasteiger partial charge in [-0.05, 0) is 56.9 Å². The van der Waals surface area contributed by atoms with Gasteiger partial charge in [0, 0.05) is 18.1 Å². The maximum Gasteiger partial charge on any atom is 0.0113 e. The smallest absolute Gasteiger partial charge is 0.0113 e. The zero-order valence-corrected chi connectivity index (χ0v) is 13.4. The second kappa shape index (κ2) is 7.26. The molecule has 0 radical (unpaired) electrons. The third-order valence-corrected chi connectivity index (χ3v) is 6.30. The fraction of sp³-hybridized carbons (Fsp3) is 1.00. The minimum absolute atomic E-state index is 0.802. The standard InChI is InChI=1S/C18H34N2/c1-2-14-8-3-5-10-16(14)20-18-11-6-4-9-15(18)17-12-7-13-19-17/h14-20H,2-13H2,1H3. The van der Waals surface area contributed by atoms with E-state index < -0.39 is 0 Å². The summed E-state index contributed by atoms with van der Waals surface area (Å²) in [5.41, 5.74) is 0. The minimum atomic E-state index is 0.802. The van der Waals surface area contributed by atoms with Crippen LogP contribution >= 0.6 is 0 Å². The van der Waals surface area contributed by atoms with E-state index in [9.17, 15) is 0 Å². The van der Waals surface area contributed by atoms with Crippen molar-refractivity contribution in [2.24, 2.45) is 11.8 Å². The van der Waals surface area contributed by atoms with E-state index in [4.69, 9.17) is 0 Å². The van der Waals surface area contributed by atoms with Gasteiger partial charge >= 0.3 is 0 Å². The Bertz CT molecular complexity index is 285. The monoisotopic (exact) mass is 278 g/mol. The molecule has 5 unspecified atom stereocenters. The predicted molar refractivity (Wildman–Crippen MR) is 85.9 cm³/mol. The number of nitrogens with one attached hydrogen (secondary N) is 2. The third kappa shape index (κ3) is 3.39. The van der Waals surface area contributed by atoms with Crippen LogP contribution in [0.25, 0.3) is 0 Å². The molecule has 0 aromatic heterocycles. The molecular formula is C18H34N2. The van der Waals surface area contributed by atoms with E-state index in [0.717, 1.165) is 30.0 Å². The predicted octanol–water partition coefficient (Wildman–Crippen LogP) is 3.86. The molecule has 1 aliphatic heterocycles. The summed E-state index contributed by atoms with van der Waals surface area (Å²) in [4.78, 5) is 0. The van der Waals surface area contributed by atoms with Gasteiger partial charge in [-0.3, -0.25) is 0 Å². The molecule has 0 aromatic rings. The highest BCUT2D eigenvalue weighted by molar-refractivity contribution is 4.94. The van der Waals surface area contributed by atoms with Crippen LogP contribution in [0.4, 0.5) is 0 Å². The lowest BCUT2D eigenvalue weighted by Gasteiger charge is -2.41. The molecule has 20 heavy (non-hydrogen) atoms. The van der Waals surface area contributed by atoms with Crippen molar-refractivity contribution < 1.29 is 0 Å². The first-order chi connectivity index (χ1) is 9.88. The van der Waals surface area contributed by atoms with Crippen molar-refractivity contribution >= 4 is 0 Å². The van der Waals surface area contributed by atoms with Crippen LogP contribution in [0.3, 0.4) is 0 Å². The number of hydrogen-bond donors (Lipinski definition) is 2. The van der Waals surface area contributed by atoms with Crippen LogP contribution in [-0.2, 0) is 0 Å². The quantitative estimate of drug-likeness (QED) is 0.816. The Morgan fingerprint density at radius 1 is 0.850 bits per heavy atom. The summed E-state index contributed by atoms with van der Waals surface area (Å²) in [6.45, 7) is 3.65. The SMILES string of the molecule is CCC1CCCCC1NC1CCCCC1C1CCCN1. The molecule has 2 nitrogen and oxygen atoms in total. The van der Waals surface area contributed by atoms with Gasteiger partial charge in [0.1, 0.15) is 0 Å². The van der Waals surface area contributed by atoms with Gasteiger partial charge in [0.2, 0.25) is 0 Å². The summed E-state index contributed by atoms with van der Waals surface area (Å²) in [7, 11) is 0. The van der Waals surface area contributed by atoms with Crippen LogP contribution in [0.5, 0.6) is 0 Å². The highest BCUT2D eigenvalue weighted by Gasteiger charge is 2.35. The van der Waals surface area contributed by atoms with Crippen LogP contribution in [0, 0.1) is 11.8 Å². The summed E-state index contributed by atoms with van der Waals surface area (Å²) in [6, 6.07) is 2.44. The van der Waals surface area contributed by atoms with Gasteiger partial charge in [-0.25, -0.2) is 0 Å². The van der Waals surface area contributed by atoms with Crippen molar-refractivity contribution in [3.05, 3.63) is 0 Å². The van der Waals surface area contributed by atoms with Crippen molar-refractivity contribution in [2.75, 3.05) is 6.54 Å². The average molecular weight is 278 g/mol. The second-order valence-corrected chi connectivity index (χ2v) is 7.48. The van der Waals surface area contributed by atoms with Gasteiger partial charge < -0.3 is 10.6 Å². The number of rotatable bonds is 4. The molecule has 0 amide bonds. The maximum atomic E-state index is 4.15. The zero-order chi connectivity index (χ0) is 13.8. The van der Waals surface area contributed by atoms with Crippen LogP contribution in [0.15, 0.2) is 0 Å². The Morgan fingerprint density at radius 3 is 2.35 bits per heavy atom. The van der Waals surface area contributed by atoms with Crippen molar-refractivity contribution in [1.29, 1.82) is 0 Å². The fourth-order valence-corrected chi connectivity index (χ4v) is 5.12.